The van der Waals surface area contributed by atoms with Crippen molar-refractivity contribution < 1.29 is 9.42 Å². The minimum absolute atomic E-state index is 0.492. The van der Waals surface area contributed by atoms with Crippen molar-refractivity contribution in [3.05, 3.63) is 0 Å². The van der Waals surface area contributed by atoms with E-state index >= 15 is 0 Å². The van der Waals surface area contributed by atoms with Crippen LogP contribution in [0.4, 0.5) is 0 Å². The first-order valence-corrected chi connectivity index (χ1v) is 5.85. The molecule has 0 saturated heterocycles. The van der Waals surface area contributed by atoms with Crippen LogP contribution in [-0.4, -0.2) is 35.0 Å². The van der Waals surface area contributed by atoms with E-state index in [4.69, 9.17) is 14.9 Å². The van der Waals surface area contributed by atoms with Gasteiger partial charge in [0.15, 0.2) is 0 Å². The lowest BCUT2D eigenvalue weighted by atomic mass is 10.2. The third-order valence-electron chi connectivity index (χ3n) is 1.90. The lowest BCUT2D eigenvalue weighted by Crippen LogP contribution is -2.39. The highest BCUT2D eigenvalue weighted by molar-refractivity contribution is 7.43. The van der Waals surface area contributed by atoms with Crippen molar-refractivity contribution in [2.24, 2.45) is 5.50 Å². The Morgan fingerprint density at radius 1 is 1.31 bits per heavy atom. The van der Waals surface area contributed by atoms with Crippen LogP contribution >= 0.6 is 8.53 Å². The van der Waals surface area contributed by atoms with Crippen molar-refractivity contribution in [1.29, 1.82) is 0 Å². The van der Waals surface area contributed by atoms with Gasteiger partial charge in [0.1, 0.15) is 0 Å². The van der Waals surface area contributed by atoms with Crippen LogP contribution < -0.4 is 5.50 Å². The summed E-state index contributed by atoms with van der Waals surface area (Å²) in [6.45, 7) is 9.88. The largest absolute Gasteiger partial charge is 0.338 e. The molecule has 1 atom stereocenters. The summed E-state index contributed by atoms with van der Waals surface area (Å²) >= 11 is 0. The molecule has 0 saturated carbocycles. The summed E-state index contributed by atoms with van der Waals surface area (Å²) in [4.78, 5) is 11.0. The molecular formula is C8H21N2O2P. The van der Waals surface area contributed by atoms with Crippen LogP contribution in [0.2, 0.25) is 0 Å². The Labute approximate surface area is 82.0 Å². The van der Waals surface area contributed by atoms with Crippen LogP contribution in [0.1, 0.15) is 27.7 Å². The van der Waals surface area contributed by atoms with Gasteiger partial charge in [-0.3, -0.25) is 10.4 Å². The van der Waals surface area contributed by atoms with Gasteiger partial charge >= 0.3 is 0 Å². The minimum Gasteiger partial charge on any atom is -0.338 e. The zero-order valence-electron chi connectivity index (χ0n) is 8.90. The first-order chi connectivity index (χ1) is 5.95. The van der Waals surface area contributed by atoms with E-state index in [9.17, 15) is 0 Å². The molecule has 80 valence electrons. The summed E-state index contributed by atoms with van der Waals surface area (Å²) in [7, 11) is -1.70. The van der Waals surface area contributed by atoms with E-state index in [1.807, 2.05) is 0 Å². The van der Waals surface area contributed by atoms with Gasteiger partial charge in [0.2, 0.25) is 8.53 Å². The maximum atomic E-state index is 8.74. The Hall–Kier alpha value is 0.270. The molecule has 4 nitrogen and oxygen atoms in total. The summed E-state index contributed by atoms with van der Waals surface area (Å²) < 4.78 is 4.93. The van der Waals surface area contributed by atoms with E-state index < -0.39 is 8.53 Å². The van der Waals surface area contributed by atoms with E-state index in [1.54, 1.807) is 0 Å². The van der Waals surface area contributed by atoms with Crippen LogP contribution in [0.25, 0.3) is 0 Å². The van der Waals surface area contributed by atoms with Crippen LogP contribution in [0.15, 0.2) is 0 Å². The maximum Gasteiger partial charge on any atom is 0.250 e. The summed E-state index contributed by atoms with van der Waals surface area (Å²) in [5, 5.41) is 0. The number of hydrogen-bond acceptors (Lipinski definition) is 4. The zero-order chi connectivity index (χ0) is 10.4. The van der Waals surface area contributed by atoms with Crippen molar-refractivity contribution in [1.82, 2.24) is 4.90 Å². The van der Waals surface area contributed by atoms with Gasteiger partial charge in [0, 0.05) is 18.6 Å². The fourth-order valence-electron chi connectivity index (χ4n) is 1.35. The SMILES string of the molecule is CC(C)N(CCOP(N)O)C(C)C. The number of hydrogen-bond donors (Lipinski definition) is 2. The molecule has 0 rings (SSSR count). The molecule has 0 aliphatic heterocycles. The molecule has 0 aromatic rings. The second-order valence-corrected chi connectivity index (χ2v) is 4.42. The minimum atomic E-state index is -1.70. The molecule has 0 aliphatic carbocycles. The van der Waals surface area contributed by atoms with E-state index in [2.05, 4.69) is 32.6 Å². The lowest BCUT2D eigenvalue weighted by molar-refractivity contribution is 0.142. The van der Waals surface area contributed by atoms with E-state index in [1.165, 1.54) is 0 Å². The highest BCUT2D eigenvalue weighted by atomic mass is 31.2. The first kappa shape index (κ1) is 13.3. The average Bonchev–Trinajstić information content (AvgIpc) is 1.95. The molecule has 1 unspecified atom stereocenters. The Kier molecular flexibility index (Phi) is 6.82. The highest BCUT2D eigenvalue weighted by Gasteiger charge is 2.12. The smallest absolute Gasteiger partial charge is 0.250 e. The molecule has 0 spiro atoms. The predicted octanol–water partition coefficient (Wildman–Crippen LogP) is 1.30. The molecule has 0 radical (unpaired) electrons. The van der Waals surface area contributed by atoms with Crippen molar-refractivity contribution in [2.45, 2.75) is 39.8 Å². The molecule has 5 heteroatoms. The molecule has 13 heavy (non-hydrogen) atoms. The molecule has 0 aromatic heterocycles. The fraction of sp³-hybridized carbons (Fsp3) is 1.00. The second-order valence-electron chi connectivity index (χ2n) is 3.56. The van der Waals surface area contributed by atoms with Crippen molar-refractivity contribution in [3.8, 4) is 0 Å². The van der Waals surface area contributed by atoms with Gasteiger partial charge in [0.05, 0.1) is 6.61 Å². The molecule has 0 aromatic carbocycles. The fourth-order valence-corrected chi connectivity index (χ4v) is 1.62. The maximum absolute atomic E-state index is 8.74. The van der Waals surface area contributed by atoms with E-state index in [-0.39, 0.29) is 0 Å². The molecule has 0 fully saturated rings. The topological polar surface area (TPSA) is 58.7 Å². The quantitative estimate of drug-likeness (QED) is 0.646. The third-order valence-corrected chi connectivity index (χ3v) is 2.35. The Balaban J connectivity index is 3.70. The van der Waals surface area contributed by atoms with Crippen molar-refractivity contribution >= 4 is 8.53 Å². The van der Waals surface area contributed by atoms with Gasteiger partial charge < -0.3 is 9.42 Å². The highest BCUT2D eigenvalue weighted by Crippen LogP contribution is 2.19. The lowest BCUT2D eigenvalue weighted by Gasteiger charge is -2.30. The molecule has 0 heterocycles. The molecule has 0 aliphatic rings. The third kappa shape index (κ3) is 6.36. The van der Waals surface area contributed by atoms with E-state index in [0.717, 1.165) is 6.54 Å². The molecular weight excluding hydrogens is 187 g/mol. The van der Waals surface area contributed by atoms with E-state index in [0.29, 0.717) is 18.7 Å². The molecule has 0 bridgehead atoms. The Morgan fingerprint density at radius 2 is 1.77 bits per heavy atom. The van der Waals surface area contributed by atoms with Crippen LogP contribution in [-0.2, 0) is 4.52 Å². The summed E-state index contributed by atoms with van der Waals surface area (Å²) in [6, 6.07) is 0.984. The van der Waals surface area contributed by atoms with Crippen LogP contribution in [0.3, 0.4) is 0 Å². The van der Waals surface area contributed by atoms with Gasteiger partial charge in [-0.1, -0.05) is 0 Å². The van der Waals surface area contributed by atoms with Crippen LogP contribution in [0.5, 0.6) is 0 Å². The number of nitrogens with zero attached hydrogens (tertiary/aromatic N) is 1. The van der Waals surface area contributed by atoms with Crippen molar-refractivity contribution in [3.63, 3.8) is 0 Å². The average molecular weight is 208 g/mol. The van der Waals surface area contributed by atoms with Gasteiger partial charge in [-0.05, 0) is 27.7 Å². The van der Waals surface area contributed by atoms with Gasteiger partial charge in [-0.2, -0.15) is 0 Å². The molecule has 3 N–H and O–H groups in total. The van der Waals surface area contributed by atoms with Gasteiger partial charge in [0.25, 0.3) is 0 Å². The van der Waals surface area contributed by atoms with Gasteiger partial charge in [-0.15, -0.1) is 0 Å². The summed E-state index contributed by atoms with van der Waals surface area (Å²) in [6.07, 6.45) is 0. The standard InChI is InChI=1S/C8H21N2O2P/c1-7(2)10(8(3)4)5-6-12-13(9)11/h7-8,11H,5-6,9H2,1-4H3. The second kappa shape index (κ2) is 6.68. The monoisotopic (exact) mass is 208 g/mol. The van der Waals surface area contributed by atoms with Gasteiger partial charge in [-0.25, -0.2) is 0 Å². The summed E-state index contributed by atoms with van der Waals surface area (Å²) in [5.41, 5.74) is 5.11. The summed E-state index contributed by atoms with van der Waals surface area (Å²) in [5.74, 6) is 0. The number of rotatable bonds is 6. The van der Waals surface area contributed by atoms with Crippen LogP contribution in [0, 0.1) is 0 Å². The zero-order valence-corrected chi connectivity index (χ0v) is 9.79. The molecule has 0 amide bonds. The number of nitrogens with two attached hydrogens (primary N) is 1. The Bertz CT molecular complexity index is 123. The van der Waals surface area contributed by atoms with Crippen molar-refractivity contribution in [2.75, 3.05) is 13.2 Å². The Morgan fingerprint density at radius 3 is 2.08 bits per heavy atom. The predicted molar refractivity (Wildman–Crippen MR) is 56.3 cm³/mol. The first-order valence-electron chi connectivity index (χ1n) is 4.57. The normalized spacial score (nSPS) is 14.5.